The van der Waals surface area contributed by atoms with Crippen LogP contribution in [0.2, 0.25) is 0 Å². The maximum atomic E-state index is 12.0. The molecule has 0 aliphatic heterocycles. The largest absolute Gasteiger partial charge is 0.337 e. The van der Waals surface area contributed by atoms with Crippen LogP contribution in [0.15, 0.2) is 54.6 Å². The van der Waals surface area contributed by atoms with E-state index >= 15 is 0 Å². The van der Waals surface area contributed by atoms with Gasteiger partial charge in [0.1, 0.15) is 0 Å². The SMILES string of the molecule is CCC(CNC(=O)Nc1ccc(CC#N)cc1)c1ccccc1. The van der Waals surface area contributed by atoms with Crippen molar-refractivity contribution in [2.24, 2.45) is 0 Å². The van der Waals surface area contributed by atoms with E-state index in [-0.39, 0.29) is 6.03 Å². The van der Waals surface area contributed by atoms with Crippen LogP contribution >= 0.6 is 0 Å². The molecule has 2 N–H and O–H groups in total. The van der Waals surface area contributed by atoms with Crippen molar-refractivity contribution in [3.05, 3.63) is 65.7 Å². The number of urea groups is 1. The lowest BCUT2D eigenvalue weighted by Gasteiger charge is -2.16. The van der Waals surface area contributed by atoms with Crippen LogP contribution in [-0.4, -0.2) is 12.6 Å². The lowest BCUT2D eigenvalue weighted by Crippen LogP contribution is -2.32. The van der Waals surface area contributed by atoms with Crippen molar-refractivity contribution in [2.45, 2.75) is 25.7 Å². The molecule has 0 aliphatic rings. The topological polar surface area (TPSA) is 64.9 Å². The molecule has 0 spiro atoms. The summed E-state index contributed by atoms with van der Waals surface area (Å²) in [6.07, 6.45) is 1.34. The smallest absolute Gasteiger partial charge is 0.319 e. The fraction of sp³-hybridized carbons (Fsp3) is 0.263. The number of hydrogen-bond acceptors (Lipinski definition) is 2. The molecule has 2 aromatic carbocycles. The molecule has 0 bridgehead atoms. The normalized spacial score (nSPS) is 11.3. The summed E-state index contributed by atoms with van der Waals surface area (Å²) in [5.74, 6) is 0.306. The average Bonchev–Trinajstić information content (AvgIpc) is 2.58. The molecule has 2 aromatic rings. The quantitative estimate of drug-likeness (QED) is 0.845. The van der Waals surface area contributed by atoms with Gasteiger partial charge < -0.3 is 10.6 Å². The monoisotopic (exact) mass is 307 g/mol. The van der Waals surface area contributed by atoms with Gasteiger partial charge in [0.25, 0.3) is 0 Å². The van der Waals surface area contributed by atoms with E-state index in [4.69, 9.17) is 5.26 Å². The molecule has 4 heteroatoms. The number of nitrogens with one attached hydrogen (secondary N) is 2. The van der Waals surface area contributed by atoms with E-state index in [0.29, 0.717) is 18.9 Å². The first-order valence-electron chi connectivity index (χ1n) is 7.78. The molecule has 0 aromatic heterocycles. The molecule has 0 fully saturated rings. The zero-order valence-corrected chi connectivity index (χ0v) is 13.3. The summed E-state index contributed by atoms with van der Waals surface area (Å²) in [5, 5.41) is 14.4. The van der Waals surface area contributed by atoms with Crippen molar-refractivity contribution in [3.8, 4) is 6.07 Å². The molecule has 1 unspecified atom stereocenters. The molecule has 0 aliphatic carbocycles. The minimum absolute atomic E-state index is 0.215. The third-order valence-corrected chi connectivity index (χ3v) is 3.77. The van der Waals surface area contributed by atoms with E-state index in [0.717, 1.165) is 17.7 Å². The second-order valence-electron chi connectivity index (χ2n) is 5.38. The highest BCUT2D eigenvalue weighted by molar-refractivity contribution is 5.89. The summed E-state index contributed by atoms with van der Waals surface area (Å²) in [5.41, 5.74) is 2.89. The minimum Gasteiger partial charge on any atom is -0.337 e. The van der Waals surface area contributed by atoms with Crippen molar-refractivity contribution in [1.29, 1.82) is 5.26 Å². The van der Waals surface area contributed by atoms with Gasteiger partial charge in [0.05, 0.1) is 12.5 Å². The van der Waals surface area contributed by atoms with Crippen LogP contribution in [0.5, 0.6) is 0 Å². The Morgan fingerprint density at radius 3 is 2.43 bits per heavy atom. The van der Waals surface area contributed by atoms with Gasteiger partial charge in [-0.25, -0.2) is 4.79 Å². The molecule has 2 amide bonds. The van der Waals surface area contributed by atoms with Crippen LogP contribution in [0.1, 0.15) is 30.4 Å². The fourth-order valence-electron chi connectivity index (χ4n) is 2.41. The molecule has 0 saturated carbocycles. The Hall–Kier alpha value is -2.80. The number of rotatable bonds is 6. The standard InChI is InChI=1S/C19H21N3O/c1-2-16(17-6-4-3-5-7-17)14-21-19(23)22-18-10-8-15(9-11-18)12-13-20/h3-11,16H,2,12,14H2,1H3,(H2,21,22,23). The number of carbonyl (C=O) groups is 1. The first kappa shape index (κ1) is 16.6. The van der Waals surface area contributed by atoms with Gasteiger partial charge in [-0.3, -0.25) is 0 Å². The highest BCUT2D eigenvalue weighted by Gasteiger charge is 2.10. The Labute approximate surface area is 137 Å². The Morgan fingerprint density at radius 2 is 1.83 bits per heavy atom. The van der Waals surface area contributed by atoms with Crippen molar-refractivity contribution in [2.75, 3.05) is 11.9 Å². The highest BCUT2D eigenvalue weighted by Crippen LogP contribution is 2.18. The van der Waals surface area contributed by atoms with E-state index in [2.05, 4.69) is 35.8 Å². The van der Waals surface area contributed by atoms with Crippen LogP contribution in [-0.2, 0) is 6.42 Å². The lowest BCUT2D eigenvalue weighted by atomic mass is 9.97. The molecule has 0 saturated heterocycles. The molecule has 4 nitrogen and oxygen atoms in total. The number of hydrogen-bond donors (Lipinski definition) is 2. The van der Waals surface area contributed by atoms with E-state index < -0.39 is 0 Å². The Balaban J connectivity index is 1.85. The predicted octanol–water partition coefficient (Wildman–Crippen LogP) is 4.07. The van der Waals surface area contributed by atoms with Gasteiger partial charge in [-0.1, -0.05) is 49.4 Å². The number of benzene rings is 2. The first-order chi connectivity index (χ1) is 11.2. The van der Waals surface area contributed by atoms with E-state index in [1.807, 2.05) is 30.3 Å². The molecule has 0 radical (unpaired) electrons. The summed E-state index contributed by atoms with van der Waals surface area (Å²) in [4.78, 5) is 12.0. The number of amides is 2. The third-order valence-electron chi connectivity index (χ3n) is 3.77. The molecular formula is C19H21N3O. The molecule has 1 atom stereocenters. The molecule has 2 rings (SSSR count). The molecule has 118 valence electrons. The van der Waals surface area contributed by atoms with Crippen molar-refractivity contribution in [3.63, 3.8) is 0 Å². The fourth-order valence-corrected chi connectivity index (χ4v) is 2.41. The summed E-state index contributed by atoms with van der Waals surface area (Å²) in [7, 11) is 0. The van der Waals surface area contributed by atoms with Crippen molar-refractivity contribution < 1.29 is 4.79 Å². The number of nitriles is 1. The Bertz CT molecular complexity index is 659. The molecule has 23 heavy (non-hydrogen) atoms. The van der Waals surface area contributed by atoms with Gasteiger partial charge >= 0.3 is 6.03 Å². The maximum absolute atomic E-state index is 12.0. The van der Waals surface area contributed by atoms with Gasteiger partial charge in [0.15, 0.2) is 0 Å². The van der Waals surface area contributed by atoms with E-state index in [1.54, 1.807) is 12.1 Å². The van der Waals surface area contributed by atoms with Gasteiger partial charge in [0.2, 0.25) is 0 Å². The second kappa shape index (κ2) is 8.60. The van der Waals surface area contributed by atoms with Gasteiger partial charge in [-0.15, -0.1) is 0 Å². The zero-order valence-electron chi connectivity index (χ0n) is 13.3. The minimum atomic E-state index is -0.215. The second-order valence-corrected chi connectivity index (χ2v) is 5.38. The summed E-state index contributed by atoms with van der Waals surface area (Å²) in [6, 6.07) is 19.4. The summed E-state index contributed by atoms with van der Waals surface area (Å²) in [6.45, 7) is 2.71. The Morgan fingerprint density at radius 1 is 1.13 bits per heavy atom. The van der Waals surface area contributed by atoms with Crippen LogP contribution in [0.25, 0.3) is 0 Å². The van der Waals surface area contributed by atoms with Crippen LogP contribution in [0.3, 0.4) is 0 Å². The lowest BCUT2D eigenvalue weighted by molar-refractivity contribution is 0.251. The highest BCUT2D eigenvalue weighted by atomic mass is 16.2. The predicted molar refractivity (Wildman–Crippen MR) is 92.3 cm³/mol. The van der Waals surface area contributed by atoms with Crippen LogP contribution in [0, 0.1) is 11.3 Å². The maximum Gasteiger partial charge on any atom is 0.319 e. The number of carbonyl (C=O) groups excluding carboxylic acids is 1. The first-order valence-corrected chi connectivity index (χ1v) is 7.78. The Kier molecular flexibility index (Phi) is 6.19. The van der Waals surface area contributed by atoms with Crippen LogP contribution < -0.4 is 10.6 Å². The molecule has 0 heterocycles. The third kappa shape index (κ3) is 5.15. The molecular weight excluding hydrogens is 286 g/mol. The van der Waals surface area contributed by atoms with E-state index in [1.165, 1.54) is 5.56 Å². The number of anilines is 1. The summed E-state index contributed by atoms with van der Waals surface area (Å²) < 4.78 is 0. The van der Waals surface area contributed by atoms with Gasteiger partial charge in [-0.05, 0) is 29.7 Å². The van der Waals surface area contributed by atoms with Crippen molar-refractivity contribution >= 4 is 11.7 Å². The number of nitrogens with zero attached hydrogens (tertiary/aromatic N) is 1. The van der Waals surface area contributed by atoms with Crippen LogP contribution in [0.4, 0.5) is 10.5 Å². The average molecular weight is 307 g/mol. The summed E-state index contributed by atoms with van der Waals surface area (Å²) >= 11 is 0. The van der Waals surface area contributed by atoms with Crippen molar-refractivity contribution in [1.82, 2.24) is 5.32 Å². The van der Waals surface area contributed by atoms with E-state index in [9.17, 15) is 4.79 Å². The van der Waals surface area contributed by atoms with Gasteiger partial charge in [-0.2, -0.15) is 5.26 Å². The zero-order chi connectivity index (χ0) is 16.5. The van der Waals surface area contributed by atoms with Gasteiger partial charge in [0, 0.05) is 18.2 Å².